The maximum absolute atomic E-state index is 12.4. The van der Waals surface area contributed by atoms with E-state index in [0.29, 0.717) is 30.4 Å². The molecule has 1 aliphatic rings. The number of hydrogen-bond donors (Lipinski definition) is 2. The number of ether oxygens (including phenoxy) is 2. The van der Waals surface area contributed by atoms with Crippen molar-refractivity contribution in [3.8, 4) is 11.5 Å². The van der Waals surface area contributed by atoms with Crippen LogP contribution in [0.5, 0.6) is 11.5 Å². The average molecular weight is 377 g/mol. The van der Waals surface area contributed by atoms with Gasteiger partial charge in [-0.3, -0.25) is 9.78 Å². The number of nitrogens with zero attached hydrogens (tertiary/aromatic N) is 3. The van der Waals surface area contributed by atoms with Crippen LogP contribution in [0, 0.1) is 6.92 Å². The van der Waals surface area contributed by atoms with E-state index in [4.69, 9.17) is 9.47 Å². The molecule has 142 valence electrons. The molecule has 3 heterocycles. The van der Waals surface area contributed by atoms with E-state index in [0.717, 1.165) is 22.6 Å². The molecule has 0 fully saturated rings. The Morgan fingerprint density at radius 2 is 1.82 bits per heavy atom. The molecular weight excluding hydrogens is 358 g/mol. The molecule has 3 aromatic rings. The zero-order valence-corrected chi connectivity index (χ0v) is 15.3. The van der Waals surface area contributed by atoms with Gasteiger partial charge in [0.25, 0.3) is 5.91 Å². The Morgan fingerprint density at radius 3 is 2.68 bits per heavy atom. The van der Waals surface area contributed by atoms with E-state index < -0.39 is 0 Å². The number of nitrogens with one attached hydrogen (secondary N) is 2. The van der Waals surface area contributed by atoms with Gasteiger partial charge in [0, 0.05) is 31.2 Å². The molecule has 8 nitrogen and oxygen atoms in total. The van der Waals surface area contributed by atoms with Crippen molar-refractivity contribution in [2.24, 2.45) is 0 Å². The number of fused-ring (bicyclic) bond motifs is 1. The number of rotatable bonds is 6. The normalized spacial score (nSPS) is 11.9. The van der Waals surface area contributed by atoms with Crippen molar-refractivity contribution in [3.63, 3.8) is 0 Å². The van der Waals surface area contributed by atoms with Gasteiger partial charge in [-0.1, -0.05) is 6.07 Å². The lowest BCUT2D eigenvalue weighted by Crippen LogP contribution is -2.24. The maximum atomic E-state index is 12.4. The molecule has 8 heteroatoms. The number of carbonyl (C=O) groups excluding carboxylic acids is 1. The zero-order valence-electron chi connectivity index (χ0n) is 15.3. The van der Waals surface area contributed by atoms with Gasteiger partial charge >= 0.3 is 0 Å². The van der Waals surface area contributed by atoms with Gasteiger partial charge in [-0.25, -0.2) is 9.97 Å². The van der Waals surface area contributed by atoms with Crippen LogP contribution in [0.4, 0.5) is 5.95 Å². The summed E-state index contributed by atoms with van der Waals surface area (Å²) in [5.74, 6) is 1.60. The highest BCUT2D eigenvalue weighted by molar-refractivity contribution is 5.92. The fourth-order valence-electron chi connectivity index (χ4n) is 2.77. The number of benzene rings is 1. The minimum Gasteiger partial charge on any atom is -0.454 e. The van der Waals surface area contributed by atoms with E-state index in [1.807, 2.05) is 37.3 Å². The van der Waals surface area contributed by atoms with Crippen LogP contribution in [0.15, 0.2) is 48.8 Å². The second-order valence-corrected chi connectivity index (χ2v) is 6.30. The van der Waals surface area contributed by atoms with E-state index in [1.54, 1.807) is 18.5 Å². The van der Waals surface area contributed by atoms with Gasteiger partial charge in [0.1, 0.15) is 5.69 Å². The van der Waals surface area contributed by atoms with Gasteiger partial charge in [-0.2, -0.15) is 0 Å². The Kier molecular flexibility index (Phi) is 5.01. The van der Waals surface area contributed by atoms with E-state index >= 15 is 0 Å². The van der Waals surface area contributed by atoms with E-state index in [-0.39, 0.29) is 12.7 Å². The highest BCUT2D eigenvalue weighted by atomic mass is 16.7. The summed E-state index contributed by atoms with van der Waals surface area (Å²) in [6.45, 7) is 2.97. The molecule has 28 heavy (non-hydrogen) atoms. The van der Waals surface area contributed by atoms with Gasteiger partial charge in [-0.05, 0) is 48.4 Å². The summed E-state index contributed by atoms with van der Waals surface area (Å²) in [6.07, 6.45) is 3.38. The SMILES string of the molecule is Cc1cc(C(=O)NCc2ccncc2)nc(NCc2ccc3c(c2)OCO3)n1. The summed E-state index contributed by atoms with van der Waals surface area (Å²) >= 11 is 0. The number of aryl methyl sites for hydroxylation is 1. The van der Waals surface area contributed by atoms with Crippen molar-refractivity contribution in [2.45, 2.75) is 20.0 Å². The minimum absolute atomic E-state index is 0.241. The first-order valence-electron chi connectivity index (χ1n) is 8.82. The molecule has 2 N–H and O–H groups in total. The van der Waals surface area contributed by atoms with E-state index in [9.17, 15) is 4.79 Å². The van der Waals surface area contributed by atoms with E-state index in [1.165, 1.54) is 0 Å². The minimum atomic E-state index is -0.256. The number of amides is 1. The van der Waals surface area contributed by atoms with Crippen LogP contribution >= 0.6 is 0 Å². The number of pyridine rings is 1. The first-order valence-corrected chi connectivity index (χ1v) is 8.82. The topological polar surface area (TPSA) is 98.3 Å². The summed E-state index contributed by atoms with van der Waals surface area (Å²) in [5, 5.41) is 6.01. The Labute approximate surface area is 162 Å². The summed E-state index contributed by atoms with van der Waals surface area (Å²) in [6, 6.07) is 11.1. The van der Waals surface area contributed by atoms with Gasteiger partial charge in [0.15, 0.2) is 11.5 Å². The van der Waals surface area contributed by atoms with Gasteiger partial charge in [0.05, 0.1) is 0 Å². The van der Waals surface area contributed by atoms with Crippen LogP contribution in [0.3, 0.4) is 0 Å². The zero-order chi connectivity index (χ0) is 19.3. The molecular formula is C20H19N5O3. The fourth-order valence-corrected chi connectivity index (χ4v) is 2.77. The summed E-state index contributed by atoms with van der Waals surface area (Å²) in [5.41, 5.74) is 2.99. The number of carbonyl (C=O) groups is 1. The van der Waals surface area contributed by atoms with Gasteiger partial charge < -0.3 is 20.1 Å². The molecule has 0 saturated heterocycles. The monoisotopic (exact) mass is 377 g/mol. The molecule has 0 atom stereocenters. The molecule has 2 aromatic heterocycles. The molecule has 0 aliphatic carbocycles. The summed E-state index contributed by atoms with van der Waals surface area (Å²) in [7, 11) is 0. The molecule has 4 rings (SSSR count). The molecule has 0 radical (unpaired) electrons. The van der Waals surface area contributed by atoms with Crippen molar-refractivity contribution < 1.29 is 14.3 Å². The predicted octanol–water partition coefficient (Wildman–Crippen LogP) is 2.45. The van der Waals surface area contributed by atoms with Crippen molar-refractivity contribution in [1.82, 2.24) is 20.3 Å². The van der Waals surface area contributed by atoms with Crippen LogP contribution in [0.1, 0.15) is 27.3 Å². The Balaban J connectivity index is 1.41. The van der Waals surface area contributed by atoms with Crippen molar-refractivity contribution >= 4 is 11.9 Å². The first kappa shape index (κ1) is 17.7. The maximum Gasteiger partial charge on any atom is 0.270 e. The lowest BCUT2D eigenvalue weighted by Gasteiger charge is -2.09. The third kappa shape index (κ3) is 4.17. The van der Waals surface area contributed by atoms with E-state index in [2.05, 4.69) is 25.6 Å². The van der Waals surface area contributed by atoms with Crippen molar-refractivity contribution in [3.05, 3.63) is 71.3 Å². The number of hydrogen-bond acceptors (Lipinski definition) is 7. The summed E-state index contributed by atoms with van der Waals surface area (Å²) < 4.78 is 10.7. The molecule has 0 bridgehead atoms. The predicted molar refractivity (Wildman–Crippen MR) is 102 cm³/mol. The molecule has 1 amide bonds. The molecule has 1 aromatic carbocycles. The number of aromatic nitrogens is 3. The quantitative estimate of drug-likeness (QED) is 0.681. The Morgan fingerprint density at radius 1 is 1.00 bits per heavy atom. The molecule has 0 spiro atoms. The largest absolute Gasteiger partial charge is 0.454 e. The van der Waals surface area contributed by atoms with Crippen LogP contribution in [-0.4, -0.2) is 27.7 Å². The average Bonchev–Trinajstić information content (AvgIpc) is 3.19. The van der Waals surface area contributed by atoms with Crippen molar-refractivity contribution in [1.29, 1.82) is 0 Å². The van der Waals surface area contributed by atoms with Crippen LogP contribution in [0.25, 0.3) is 0 Å². The first-order chi connectivity index (χ1) is 13.7. The molecule has 0 saturated carbocycles. The highest BCUT2D eigenvalue weighted by Gasteiger charge is 2.14. The Bertz CT molecular complexity index is 994. The van der Waals surface area contributed by atoms with Gasteiger partial charge in [-0.15, -0.1) is 0 Å². The molecule has 0 unspecified atom stereocenters. The molecule has 1 aliphatic heterocycles. The second kappa shape index (κ2) is 7.91. The smallest absolute Gasteiger partial charge is 0.270 e. The highest BCUT2D eigenvalue weighted by Crippen LogP contribution is 2.32. The van der Waals surface area contributed by atoms with Crippen LogP contribution in [-0.2, 0) is 13.1 Å². The standard InChI is InChI=1S/C20H19N5O3/c1-13-8-16(19(26)22-10-14-4-6-21-7-5-14)25-20(24-13)23-11-15-2-3-17-18(9-15)28-12-27-17/h2-9H,10-12H2,1H3,(H,22,26)(H,23,24,25). The Hall–Kier alpha value is -3.68. The van der Waals surface area contributed by atoms with Crippen LogP contribution < -0.4 is 20.1 Å². The van der Waals surface area contributed by atoms with Crippen LogP contribution in [0.2, 0.25) is 0 Å². The summed E-state index contributed by atoms with van der Waals surface area (Å²) in [4.78, 5) is 25.1. The lowest BCUT2D eigenvalue weighted by molar-refractivity contribution is 0.0945. The third-order valence-electron chi connectivity index (χ3n) is 4.18. The third-order valence-corrected chi connectivity index (χ3v) is 4.18. The number of anilines is 1. The second-order valence-electron chi connectivity index (χ2n) is 6.30. The van der Waals surface area contributed by atoms with Crippen molar-refractivity contribution in [2.75, 3.05) is 12.1 Å². The van der Waals surface area contributed by atoms with Gasteiger partial charge in [0.2, 0.25) is 12.7 Å². The fraction of sp³-hybridized carbons (Fsp3) is 0.200. The lowest BCUT2D eigenvalue weighted by atomic mass is 10.2.